The Hall–Kier alpha value is -2.95. The summed E-state index contributed by atoms with van der Waals surface area (Å²) in [6.45, 7) is 2.79. The summed E-state index contributed by atoms with van der Waals surface area (Å²) in [5, 5.41) is 4.06. The second kappa shape index (κ2) is 7.12. The zero-order valence-electron chi connectivity index (χ0n) is 14.8. The SMILES string of the molecule is Cc1ccccc1-c1noc(CCC(=O)N2CCCc3ccccc32)n1. The average molecular weight is 347 g/mol. The van der Waals surface area contributed by atoms with E-state index in [1.165, 1.54) is 5.56 Å². The topological polar surface area (TPSA) is 59.2 Å². The van der Waals surface area contributed by atoms with E-state index in [4.69, 9.17) is 4.52 Å². The Kier molecular flexibility index (Phi) is 4.52. The zero-order valence-corrected chi connectivity index (χ0v) is 14.8. The van der Waals surface area contributed by atoms with Gasteiger partial charge in [-0.1, -0.05) is 47.6 Å². The predicted molar refractivity (Wildman–Crippen MR) is 99.9 cm³/mol. The van der Waals surface area contributed by atoms with Crippen LogP contribution in [0.4, 0.5) is 5.69 Å². The van der Waals surface area contributed by atoms with Crippen molar-refractivity contribution in [3.8, 4) is 11.4 Å². The number of rotatable bonds is 4. The van der Waals surface area contributed by atoms with Crippen LogP contribution in [0.2, 0.25) is 0 Å². The molecule has 0 bridgehead atoms. The first kappa shape index (κ1) is 16.5. The molecule has 1 aliphatic rings. The average Bonchev–Trinajstić information content (AvgIpc) is 3.15. The van der Waals surface area contributed by atoms with Gasteiger partial charge in [0.1, 0.15) is 0 Å². The summed E-state index contributed by atoms with van der Waals surface area (Å²) in [6.07, 6.45) is 2.85. The van der Waals surface area contributed by atoms with Crippen LogP contribution in [0.25, 0.3) is 11.4 Å². The fourth-order valence-corrected chi connectivity index (χ4v) is 3.43. The van der Waals surface area contributed by atoms with Crippen LogP contribution in [0.15, 0.2) is 53.1 Å². The van der Waals surface area contributed by atoms with Crippen LogP contribution in [0.1, 0.15) is 29.9 Å². The van der Waals surface area contributed by atoms with E-state index in [0.29, 0.717) is 24.6 Å². The highest BCUT2D eigenvalue weighted by atomic mass is 16.5. The third-order valence-corrected chi connectivity index (χ3v) is 4.82. The number of carbonyl (C=O) groups excluding carboxylic acids is 1. The molecule has 0 unspecified atom stereocenters. The number of carbonyl (C=O) groups is 1. The van der Waals surface area contributed by atoms with Crippen molar-refractivity contribution >= 4 is 11.6 Å². The van der Waals surface area contributed by atoms with E-state index in [1.807, 2.05) is 54.3 Å². The molecule has 2 heterocycles. The van der Waals surface area contributed by atoms with Gasteiger partial charge >= 0.3 is 0 Å². The molecule has 1 amide bonds. The van der Waals surface area contributed by atoms with Gasteiger partial charge in [-0.25, -0.2) is 0 Å². The van der Waals surface area contributed by atoms with Crippen LogP contribution >= 0.6 is 0 Å². The molecule has 1 aromatic heterocycles. The summed E-state index contributed by atoms with van der Waals surface area (Å²) in [4.78, 5) is 19.0. The van der Waals surface area contributed by atoms with E-state index < -0.39 is 0 Å². The first-order valence-electron chi connectivity index (χ1n) is 8.99. The van der Waals surface area contributed by atoms with Gasteiger partial charge < -0.3 is 9.42 Å². The molecule has 0 radical (unpaired) electrons. The van der Waals surface area contributed by atoms with E-state index >= 15 is 0 Å². The molecule has 0 N–H and O–H groups in total. The number of anilines is 1. The molecule has 5 heteroatoms. The lowest BCUT2D eigenvalue weighted by atomic mass is 10.0. The molecule has 132 valence electrons. The van der Waals surface area contributed by atoms with Gasteiger partial charge in [0.05, 0.1) is 0 Å². The van der Waals surface area contributed by atoms with Crippen LogP contribution in [0.3, 0.4) is 0 Å². The molecule has 3 aromatic rings. The van der Waals surface area contributed by atoms with Crippen LogP contribution in [0, 0.1) is 6.92 Å². The smallest absolute Gasteiger partial charge is 0.227 e. The standard InChI is InChI=1S/C21H21N3O2/c1-15-7-2-4-10-17(15)21-22-19(26-23-21)12-13-20(25)24-14-6-9-16-8-3-5-11-18(16)24/h2-5,7-8,10-11H,6,9,12-14H2,1H3. The Labute approximate surface area is 152 Å². The lowest BCUT2D eigenvalue weighted by Crippen LogP contribution is -2.35. The van der Waals surface area contributed by atoms with Gasteiger partial charge in [-0.3, -0.25) is 4.79 Å². The minimum Gasteiger partial charge on any atom is -0.339 e. The Bertz CT molecular complexity index is 932. The highest BCUT2D eigenvalue weighted by Crippen LogP contribution is 2.27. The fraction of sp³-hybridized carbons (Fsp3) is 0.286. The highest BCUT2D eigenvalue weighted by molar-refractivity contribution is 5.94. The molecule has 0 fully saturated rings. The Balaban J connectivity index is 1.44. The second-order valence-corrected chi connectivity index (χ2v) is 6.60. The van der Waals surface area contributed by atoms with Gasteiger partial charge in [0.15, 0.2) is 0 Å². The van der Waals surface area contributed by atoms with Crippen molar-refractivity contribution in [1.29, 1.82) is 0 Å². The van der Waals surface area contributed by atoms with Gasteiger partial charge in [0.2, 0.25) is 17.6 Å². The highest BCUT2D eigenvalue weighted by Gasteiger charge is 2.22. The van der Waals surface area contributed by atoms with Gasteiger partial charge in [-0.15, -0.1) is 0 Å². The minimum absolute atomic E-state index is 0.104. The quantitative estimate of drug-likeness (QED) is 0.717. The number of nitrogens with zero attached hydrogens (tertiary/aromatic N) is 3. The minimum atomic E-state index is 0.104. The summed E-state index contributed by atoms with van der Waals surface area (Å²) in [5.41, 5.74) is 4.33. The van der Waals surface area contributed by atoms with Crippen LogP contribution in [-0.2, 0) is 17.6 Å². The maximum atomic E-state index is 12.7. The summed E-state index contributed by atoms with van der Waals surface area (Å²) >= 11 is 0. The zero-order chi connectivity index (χ0) is 17.9. The van der Waals surface area contributed by atoms with Crippen LogP contribution < -0.4 is 4.90 Å². The summed E-state index contributed by atoms with van der Waals surface area (Å²) in [6, 6.07) is 16.1. The number of amides is 1. The summed E-state index contributed by atoms with van der Waals surface area (Å²) < 4.78 is 5.35. The Morgan fingerprint density at radius 3 is 2.85 bits per heavy atom. The number of fused-ring (bicyclic) bond motifs is 1. The maximum Gasteiger partial charge on any atom is 0.227 e. The fourth-order valence-electron chi connectivity index (χ4n) is 3.43. The van der Waals surface area contributed by atoms with Crippen LogP contribution in [0.5, 0.6) is 0 Å². The Morgan fingerprint density at radius 2 is 1.96 bits per heavy atom. The van der Waals surface area contributed by atoms with Crippen molar-refractivity contribution in [2.24, 2.45) is 0 Å². The van der Waals surface area contributed by atoms with Crippen molar-refractivity contribution in [3.63, 3.8) is 0 Å². The number of hydrogen-bond donors (Lipinski definition) is 0. The van der Waals surface area contributed by atoms with E-state index in [-0.39, 0.29) is 5.91 Å². The van der Waals surface area contributed by atoms with Gasteiger partial charge in [-0.05, 0) is 37.0 Å². The van der Waals surface area contributed by atoms with E-state index in [0.717, 1.165) is 36.2 Å². The van der Waals surface area contributed by atoms with E-state index in [1.54, 1.807) is 0 Å². The van der Waals surface area contributed by atoms with E-state index in [9.17, 15) is 4.79 Å². The predicted octanol–water partition coefficient (Wildman–Crippen LogP) is 3.96. The van der Waals surface area contributed by atoms with Crippen molar-refractivity contribution in [3.05, 3.63) is 65.5 Å². The van der Waals surface area contributed by atoms with Crippen molar-refractivity contribution in [2.45, 2.75) is 32.6 Å². The van der Waals surface area contributed by atoms with E-state index in [2.05, 4.69) is 16.2 Å². The normalized spacial score (nSPS) is 13.5. The summed E-state index contributed by atoms with van der Waals surface area (Å²) in [7, 11) is 0. The molecule has 2 aromatic carbocycles. The number of aryl methyl sites for hydroxylation is 3. The number of benzene rings is 2. The molecule has 0 aliphatic carbocycles. The number of para-hydroxylation sites is 1. The van der Waals surface area contributed by atoms with Crippen molar-refractivity contribution in [1.82, 2.24) is 10.1 Å². The van der Waals surface area contributed by atoms with Gasteiger partial charge in [0, 0.05) is 30.6 Å². The third kappa shape index (κ3) is 3.25. The Morgan fingerprint density at radius 1 is 1.15 bits per heavy atom. The van der Waals surface area contributed by atoms with Gasteiger partial charge in [-0.2, -0.15) is 4.98 Å². The second-order valence-electron chi connectivity index (χ2n) is 6.60. The first-order chi connectivity index (χ1) is 12.7. The van der Waals surface area contributed by atoms with Crippen molar-refractivity contribution in [2.75, 3.05) is 11.4 Å². The largest absolute Gasteiger partial charge is 0.339 e. The lowest BCUT2D eigenvalue weighted by molar-refractivity contribution is -0.118. The van der Waals surface area contributed by atoms with Gasteiger partial charge in [0.25, 0.3) is 0 Å². The van der Waals surface area contributed by atoms with Crippen LogP contribution in [-0.4, -0.2) is 22.6 Å². The molecule has 1 aliphatic heterocycles. The molecule has 4 rings (SSSR count). The number of hydrogen-bond acceptors (Lipinski definition) is 4. The molecular formula is C21H21N3O2. The van der Waals surface area contributed by atoms with Crippen molar-refractivity contribution < 1.29 is 9.32 Å². The monoisotopic (exact) mass is 347 g/mol. The number of aromatic nitrogens is 2. The maximum absolute atomic E-state index is 12.7. The third-order valence-electron chi connectivity index (χ3n) is 4.82. The molecular weight excluding hydrogens is 326 g/mol. The molecule has 26 heavy (non-hydrogen) atoms. The molecule has 0 spiro atoms. The first-order valence-corrected chi connectivity index (χ1v) is 8.99. The molecule has 0 saturated carbocycles. The lowest BCUT2D eigenvalue weighted by Gasteiger charge is -2.29. The molecule has 0 atom stereocenters. The summed E-state index contributed by atoms with van der Waals surface area (Å²) in [5.74, 6) is 1.18. The molecule has 5 nitrogen and oxygen atoms in total. The molecule has 0 saturated heterocycles.